The number of carboxylic acids is 1. The number of benzene rings is 1. The molecule has 2 unspecified atom stereocenters. The van der Waals surface area contributed by atoms with Crippen LogP contribution in [0.5, 0.6) is 0 Å². The molecule has 2 heterocycles. The quantitative estimate of drug-likeness (QED) is 0.922. The number of furan rings is 1. The van der Waals surface area contributed by atoms with Crippen LogP contribution in [0.3, 0.4) is 0 Å². The number of piperidine rings is 1. The van der Waals surface area contributed by atoms with Crippen molar-refractivity contribution in [3.63, 3.8) is 0 Å². The normalized spacial score (nSPS) is 22.4. The number of para-hydroxylation sites is 1. The number of fused-ring (bicyclic) bond motifs is 1. The number of hydrogen-bond donors (Lipinski definition) is 1. The van der Waals surface area contributed by atoms with E-state index in [-0.39, 0.29) is 17.6 Å². The van der Waals surface area contributed by atoms with Gasteiger partial charge in [-0.1, -0.05) is 25.1 Å². The van der Waals surface area contributed by atoms with Crippen molar-refractivity contribution in [1.29, 1.82) is 0 Å². The number of aliphatic carboxylic acids is 1. The van der Waals surface area contributed by atoms with Crippen molar-refractivity contribution >= 4 is 22.8 Å². The predicted molar refractivity (Wildman–Crippen MR) is 77.1 cm³/mol. The minimum atomic E-state index is -0.952. The molecule has 2 atom stereocenters. The molecule has 5 nitrogen and oxygen atoms in total. The number of rotatable bonds is 2. The molecular formula is C16H17NO4. The summed E-state index contributed by atoms with van der Waals surface area (Å²) in [7, 11) is 0. The molecule has 0 spiro atoms. The summed E-state index contributed by atoms with van der Waals surface area (Å²) in [6.45, 7) is 2.33. The summed E-state index contributed by atoms with van der Waals surface area (Å²) >= 11 is 0. The number of nitrogens with zero attached hydrogens (tertiary/aromatic N) is 1. The van der Waals surface area contributed by atoms with Crippen LogP contribution in [0, 0.1) is 5.92 Å². The second-order valence-electron chi connectivity index (χ2n) is 5.55. The molecule has 0 saturated carbocycles. The second-order valence-corrected chi connectivity index (χ2v) is 5.55. The summed E-state index contributed by atoms with van der Waals surface area (Å²) < 4.78 is 5.56. The Hall–Kier alpha value is -2.30. The lowest BCUT2D eigenvalue weighted by atomic mass is 9.90. The molecule has 1 aliphatic rings. The molecule has 110 valence electrons. The first-order valence-electron chi connectivity index (χ1n) is 7.10. The van der Waals surface area contributed by atoms with E-state index in [4.69, 9.17) is 4.42 Å². The van der Waals surface area contributed by atoms with Crippen LogP contribution < -0.4 is 0 Å². The number of likely N-dealkylation sites (tertiary alicyclic amines) is 1. The van der Waals surface area contributed by atoms with Crippen LogP contribution in [-0.2, 0) is 4.79 Å². The Labute approximate surface area is 122 Å². The molecule has 1 N–H and O–H groups in total. The highest BCUT2D eigenvalue weighted by Crippen LogP contribution is 2.27. The van der Waals surface area contributed by atoms with Gasteiger partial charge in [-0.25, -0.2) is 4.79 Å². The van der Waals surface area contributed by atoms with Crippen molar-refractivity contribution in [3.8, 4) is 0 Å². The van der Waals surface area contributed by atoms with E-state index in [1.54, 1.807) is 12.1 Å². The van der Waals surface area contributed by atoms with E-state index < -0.39 is 12.0 Å². The summed E-state index contributed by atoms with van der Waals surface area (Å²) in [5.41, 5.74) is 0.637. The zero-order valence-corrected chi connectivity index (χ0v) is 11.8. The van der Waals surface area contributed by atoms with E-state index in [1.165, 1.54) is 4.90 Å². The number of carbonyl (C=O) groups is 2. The number of carboxylic acid groups (broad SMARTS) is 1. The van der Waals surface area contributed by atoms with Crippen LogP contribution in [0.2, 0.25) is 0 Å². The SMILES string of the molecule is CC1CCCN(C(=O)c2cc3ccccc3o2)C1C(=O)O. The Morgan fingerprint density at radius 1 is 1.33 bits per heavy atom. The standard InChI is InChI=1S/C16H17NO4/c1-10-5-4-8-17(14(10)16(19)20)15(18)13-9-11-6-2-3-7-12(11)21-13/h2-3,6-7,9-10,14H,4-5,8H2,1H3,(H,19,20). The van der Waals surface area contributed by atoms with Gasteiger partial charge in [-0.05, 0) is 30.9 Å². The van der Waals surface area contributed by atoms with Crippen LogP contribution >= 0.6 is 0 Å². The summed E-state index contributed by atoms with van der Waals surface area (Å²) in [5.74, 6) is -1.14. The van der Waals surface area contributed by atoms with E-state index in [0.29, 0.717) is 12.1 Å². The van der Waals surface area contributed by atoms with Gasteiger partial charge in [-0.3, -0.25) is 4.79 Å². The molecule has 1 saturated heterocycles. The lowest BCUT2D eigenvalue weighted by molar-refractivity contribution is -0.145. The fourth-order valence-corrected chi connectivity index (χ4v) is 3.02. The molecule has 5 heteroatoms. The zero-order chi connectivity index (χ0) is 15.0. The Morgan fingerprint density at radius 3 is 2.81 bits per heavy atom. The number of amides is 1. The Kier molecular flexibility index (Phi) is 3.41. The molecule has 0 aliphatic carbocycles. The third-order valence-electron chi connectivity index (χ3n) is 4.08. The number of carbonyl (C=O) groups excluding carboxylic acids is 1. The zero-order valence-electron chi connectivity index (χ0n) is 11.8. The van der Waals surface area contributed by atoms with E-state index in [2.05, 4.69) is 0 Å². The average molecular weight is 287 g/mol. The van der Waals surface area contributed by atoms with Gasteiger partial charge in [0, 0.05) is 11.9 Å². The fraction of sp³-hybridized carbons (Fsp3) is 0.375. The van der Waals surface area contributed by atoms with E-state index in [1.807, 2.05) is 25.1 Å². The smallest absolute Gasteiger partial charge is 0.326 e. The summed E-state index contributed by atoms with van der Waals surface area (Å²) in [6, 6.07) is 8.26. The van der Waals surface area contributed by atoms with Crippen molar-refractivity contribution in [2.45, 2.75) is 25.8 Å². The minimum Gasteiger partial charge on any atom is -0.480 e. The molecule has 1 aromatic carbocycles. The molecule has 21 heavy (non-hydrogen) atoms. The van der Waals surface area contributed by atoms with Gasteiger partial charge in [-0.15, -0.1) is 0 Å². The van der Waals surface area contributed by atoms with Gasteiger partial charge < -0.3 is 14.4 Å². The second kappa shape index (κ2) is 5.24. The lowest BCUT2D eigenvalue weighted by Gasteiger charge is -2.36. The maximum absolute atomic E-state index is 12.6. The van der Waals surface area contributed by atoms with Gasteiger partial charge in [0.05, 0.1) is 0 Å². The third-order valence-corrected chi connectivity index (χ3v) is 4.08. The monoisotopic (exact) mass is 287 g/mol. The van der Waals surface area contributed by atoms with Crippen LogP contribution in [0.1, 0.15) is 30.3 Å². The van der Waals surface area contributed by atoms with Gasteiger partial charge in [0.2, 0.25) is 0 Å². The molecule has 1 fully saturated rings. The van der Waals surface area contributed by atoms with Gasteiger partial charge in [-0.2, -0.15) is 0 Å². The van der Waals surface area contributed by atoms with Crippen molar-refractivity contribution in [3.05, 3.63) is 36.1 Å². The van der Waals surface area contributed by atoms with Gasteiger partial charge in [0.1, 0.15) is 11.6 Å². The molecule has 3 rings (SSSR count). The van der Waals surface area contributed by atoms with Crippen LogP contribution in [0.25, 0.3) is 11.0 Å². The van der Waals surface area contributed by atoms with Crippen molar-refractivity contribution in [1.82, 2.24) is 4.90 Å². The van der Waals surface area contributed by atoms with Gasteiger partial charge in [0.25, 0.3) is 5.91 Å². The van der Waals surface area contributed by atoms with Crippen LogP contribution in [0.4, 0.5) is 0 Å². The molecule has 2 aromatic rings. The van der Waals surface area contributed by atoms with Crippen LogP contribution in [-0.4, -0.2) is 34.5 Å². The molecule has 1 amide bonds. The largest absolute Gasteiger partial charge is 0.480 e. The lowest BCUT2D eigenvalue weighted by Crippen LogP contribution is -2.51. The highest BCUT2D eigenvalue weighted by Gasteiger charge is 2.38. The Morgan fingerprint density at radius 2 is 2.10 bits per heavy atom. The topological polar surface area (TPSA) is 70.8 Å². The van der Waals surface area contributed by atoms with Crippen LogP contribution in [0.15, 0.2) is 34.7 Å². The van der Waals surface area contributed by atoms with Crippen molar-refractivity contribution < 1.29 is 19.1 Å². The average Bonchev–Trinajstić information content (AvgIpc) is 2.89. The Bertz CT molecular complexity index is 657. The first kappa shape index (κ1) is 13.7. The van der Waals surface area contributed by atoms with E-state index in [9.17, 15) is 14.7 Å². The molecular weight excluding hydrogens is 270 g/mol. The van der Waals surface area contributed by atoms with Crippen molar-refractivity contribution in [2.24, 2.45) is 5.92 Å². The molecule has 1 aliphatic heterocycles. The maximum Gasteiger partial charge on any atom is 0.326 e. The molecule has 0 radical (unpaired) electrons. The van der Waals surface area contributed by atoms with E-state index >= 15 is 0 Å². The molecule has 1 aromatic heterocycles. The van der Waals surface area contributed by atoms with E-state index in [0.717, 1.165) is 18.2 Å². The van der Waals surface area contributed by atoms with Gasteiger partial charge >= 0.3 is 5.97 Å². The highest BCUT2D eigenvalue weighted by atomic mass is 16.4. The highest BCUT2D eigenvalue weighted by molar-refractivity contribution is 5.98. The first-order chi connectivity index (χ1) is 10.1. The third kappa shape index (κ3) is 2.39. The summed E-state index contributed by atoms with van der Waals surface area (Å²) in [5, 5.41) is 10.2. The molecule has 0 bridgehead atoms. The Balaban J connectivity index is 1.94. The predicted octanol–water partition coefficient (Wildman–Crippen LogP) is 2.76. The van der Waals surface area contributed by atoms with Crippen molar-refractivity contribution in [2.75, 3.05) is 6.54 Å². The van der Waals surface area contributed by atoms with Gasteiger partial charge in [0.15, 0.2) is 5.76 Å². The minimum absolute atomic E-state index is 0.0513. The number of hydrogen-bond acceptors (Lipinski definition) is 3. The fourth-order valence-electron chi connectivity index (χ4n) is 3.02. The first-order valence-corrected chi connectivity index (χ1v) is 7.10. The summed E-state index contributed by atoms with van der Waals surface area (Å²) in [4.78, 5) is 25.5. The maximum atomic E-state index is 12.6. The summed E-state index contributed by atoms with van der Waals surface area (Å²) in [6.07, 6.45) is 1.64.